The number of nitrogens with zero attached hydrogens (tertiary/aromatic N) is 1. The molecule has 0 saturated carbocycles. The van der Waals surface area contributed by atoms with Gasteiger partial charge >= 0.3 is 12.0 Å². The monoisotopic (exact) mass is 328 g/mol. The van der Waals surface area contributed by atoms with Crippen molar-refractivity contribution in [2.24, 2.45) is 11.7 Å². The maximum absolute atomic E-state index is 11.8. The lowest BCUT2D eigenvalue weighted by molar-refractivity contribution is -0.127. The molecule has 0 radical (unpaired) electrons. The Balaban J connectivity index is 2.50. The molecule has 0 fully saturated rings. The average molecular weight is 328 g/mol. The maximum Gasteiger partial charge on any atom is 0.358 e. The zero-order valence-corrected chi connectivity index (χ0v) is 13.5. The van der Waals surface area contributed by atoms with Gasteiger partial charge in [0.1, 0.15) is 0 Å². The molecule has 1 heterocycles. The number of hydrogen-bond acceptors (Lipinski definition) is 7. The fourth-order valence-corrected chi connectivity index (χ4v) is 2.12. The van der Waals surface area contributed by atoms with Gasteiger partial charge in [-0.05, 0) is 19.3 Å². The molecule has 122 valence electrons. The lowest BCUT2D eigenvalue weighted by Gasteiger charge is -2.10. The highest BCUT2D eigenvalue weighted by Crippen LogP contribution is 2.17. The Morgan fingerprint density at radius 2 is 2.05 bits per heavy atom. The van der Waals surface area contributed by atoms with E-state index >= 15 is 0 Å². The summed E-state index contributed by atoms with van der Waals surface area (Å²) in [6.07, 6.45) is -0.150. The molecule has 1 atom stereocenters. The van der Waals surface area contributed by atoms with Gasteiger partial charge in [0.25, 0.3) is 5.91 Å². The van der Waals surface area contributed by atoms with E-state index in [9.17, 15) is 14.4 Å². The number of thiazole rings is 1. The molecule has 0 bridgehead atoms. The van der Waals surface area contributed by atoms with Crippen LogP contribution in [0.5, 0.6) is 0 Å². The molecule has 9 heteroatoms. The van der Waals surface area contributed by atoms with Crippen LogP contribution in [0.1, 0.15) is 37.7 Å². The number of esters is 1. The third-order valence-electron chi connectivity index (χ3n) is 2.61. The van der Waals surface area contributed by atoms with Crippen LogP contribution in [0.3, 0.4) is 0 Å². The van der Waals surface area contributed by atoms with Gasteiger partial charge in [-0.1, -0.05) is 13.8 Å². The first-order valence-corrected chi connectivity index (χ1v) is 7.68. The van der Waals surface area contributed by atoms with Crippen molar-refractivity contribution in [3.05, 3.63) is 11.1 Å². The molecule has 0 aliphatic carbocycles. The number of nitrogens with two attached hydrogens (primary N) is 1. The average Bonchev–Trinajstić information content (AvgIpc) is 2.86. The van der Waals surface area contributed by atoms with Crippen LogP contribution in [0.15, 0.2) is 5.38 Å². The smallest absolute Gasteiger partial charge is 0.358 e. The number of carbonyl (C=O) groups is 3. The zero-order chi connectivity index (χ0) is 16.7. The minimum atomic E-state index is -1.14. The van der Waals surface area contributed by atoms with Crippen LogP contribution < -0.4 is 16.4 Å². The second-order valence-corrected chi connectivity index (χ2v) is 5.91. The van der Waals surface area contributed by atoms with Crippen molar-refractivity contribution in [1.29, 1.82) is 0 Å². The molecule has 22 heavy (non-hydrogen) atoms. The van der Waals surface area contributed by atoms with Crippen molar-refractivity contribution in [3.8, 4) is 0 Å². The number of nitrogens with one attached hydrogen (secondary N) is 2. The number of aromatic nitrogens is 1. The fraction of sp³-hybridized carbons (Fsp3) is 0.538. The second-order valence-electron chi connectivity index (χ2n) is 5.05. The molecule has 1 aromatic heterocycles. The molecule has 3 amide bonds. The van der Waals surface area contributed by atoms with Gasteiger partial charge in [-0.25, -0.2) is 14.6 Å². The molecule has 8 nitrogen and oxygen atoms in total. The van der Waals surface area contributed by atoms with Crippen LogP contribution >= 0.6 is 11.3 Å². The van der Waals surface area contributed by atoms with E-state index in [2.05, 4.69) is 24.1 Å². The third-order valence-corrected chi connectivity index (χ3v) is 3.41. The predicted molar refractivity (Wildman–Crippen MR) is 82.7 cm³/mol. The van der Waals surface area contributed by atoms with E-state index in [-0.39, 0.29) is 5.69 Å². The number of hydrogen-bond donors (Lipinski definition) is 3. The molecule has 1 rings (SSSR count). The quantitative estimate of drug-likeness (QED) is 0.649. The van der Waals surface area contributed by atoms with Gasteiger partial charge in [0.15, 0.2) is 16.9 Å². The third kappa shape index (κ3) is 6.08. The number of amides is 3. The van der Waals surface area contributed by atoms with E-state index in [1.165, 1.54) is 18.3 Å². The van der Waals surface area contributed by atoms with E-state index in [4.69, 9.17) is 10.5 Å². The zero-order valence-electron chi connectivity index (χ0n) is 12.7. The first-order valence-electron chi connectivity index (χ1n) is 6.80. The molecule has 0 spiro atoms. The van der Waals surface area contributed by atoms with Crippen molar-refractivity contribution in [1.82, 2.24) is 10.3 Å². The van der Waals surface area contributed by atoms with Gasteiger partial charge in [0, 0.05) is 11.9 Å². The summed E-state index contributed by atoms with van der Waals surface area (Å²) < 4.78 is 4.91. The Kier molecular flexibility index (Phi) is 6.77. The van der Waals surface area contributed by atoms with Gasteiger partial charge in [0.2, 0.25) is 0 Å². The Morgan fingerprint density at radius 3 is 2.64 bits per heavy atom. The van der Waals surface area contributed by atoms with Crippen LogP contribution in [0, 0.1) is 5.92 Å². The molecule has 0 saturated heterocycles. The summed E-state index contributed by atoms with van der Waals surface area (Å²) in [6.45, 7) is 6.33. The summed E-state index contributed by atoms with van der Waals surface area (Å²) in [5.41, 5.74) is 4.92. The summed E-state index contributed by atoms with van der Waals surface area (Å²) in [7, 11) is 0. The topological polar surface area (TPSA) is 123 Å². The maximum atomic E-state index is 11.8. The number of rotatable bonds is 7. The summed E-state index contributed by atoms with van der Waals surface area (Å²) >= 11 is 1.28. The number of urea groups is 1. The summed E-state index contributed by atoms with van der Waals surface area (Å²) in [5, 5.41) is 7.10. The predicted octanol–water partition coefficient (Wildman–Crippen LogP) is 1.34. The first-order chi connectivity index (χ1) is 10.3. The van der Waals surface area contributed by atoms with Crippen molar-refractivity contribution in [3.63, 3.8) is 0 Å². The van der Waals surface area contributed by atoms with Crippen LogP contribution in [-0.4, -0.2) is 35.5 Å². The van der Waals surface area contributed by atoms with Crippen molar-refractivity contribution < 1.29 is 19.1 Å². The molecular weight excluding hydrogens is 308 g/mol. The number of primary amides is 1. The summed E-state index contributed by atoms with van der Waals surface area (Å²) in [6, 6.07) is -1.00. The van der Waals surface area contributed by atoms with Crippen LogP contribution in [0.4, 0.5) is 9.93 Å². The second kappa shape index (κ2) is 8.32. The van der Waals surface area contributed by atoms with Crippen molar-refractivity contribution >= 4 is 34.4 Å². The largest absolute Gasteiger partial charge is 0.448 e. The molecule has 0 aliphatic rings. The minimum Gasteiger partial charge on any atom is -0.448 e. The highest BCUT2D eigenvalue weighted by molar-refractivity contribution is 7.13. The van der Waals surface area contributed by atoms with E-state index in [0.717, 1.165) is 13.0 Å². The van der Waals surface area contributed by atoms with E-state index in [1.54, 1.807) is 5.38 Å². The Hall–Kier alpha value is -2.16. The van der Waals surface area contributed by atoms with Crippen molar-refractivity contribution in [2.45, 2.75) is 33.3 Å². The highest BCUT2D eigenvalue weighted by Gasteiger charge is 2.21. The summed E-state index contributed by atoms with van der Waals surface area (Å²) in [5.74, 6) is -0.951. The Morgan fingerprint density at radius 1 is 1.36 bits per heavy atom. The number of ether oxygens (including phenoxy) is 1. The van der Waals surface area contributed by atoms with E-state index in [1.807, 2.05) is 5.32 Å². The lowest BCUT2D eigenvalue weighted by atomic mass is 10.1. The van der Waals surface area contributed by atoms with Gasteiger partial charge in [-0.3, -0.25) is 10.1 Å². The standard InChI is InChI=1S/C13H20N4O4S/c1-7(2)4-5-15-13-16-9(6-22-13)11(19)21-8(3)10(18)17-12(14)20/h6-8H,4-5H2,1-3H3,(H,15,16)(H3,14,17,18,20). The molecule has 1 aromatic rings. The Bertz CT molecular complexity index is 544. The van der Waals surface area contributed by atoms with Gasteiger partial charge < -0.3 is 15.8 Å². The van der Waals surface area contributed by atoms with Crippen LogP contribution in [0.25, 0.3) is 0 Å². The van der Waals surface area contributed by atoms with E-state index < -0.39 is 24.0 Å². The summed E-state index contributed by atoms with van der Waals surface area (Å²) in [4.78, 5) is 37.9. The fourth-order valence-electron chi connectivity index (χ4n) is 1.41. The SMILES string of the molecule is CC(C)CCNc1nc(C(=O)OC(C)C(=O)NC(N)=O)cs1. The molecule has 1 unspecified atom stereocenters. The number of anilines is 1. The molecule has 4 N–H and O–H groups in total. The molecular formula is C13H20N4O4S. The minimum absolute atomic E-state index is 0.107. The number of carbonyl (C=O) groups excluding carboxylic acids is 3. The normalized spacial score (nSPS) is 11.8. The first kappa shape index (κ1) is 17.9. The van der Waals surface area contributed by atoms with Crippen molar-refractivity contribution in [2.75, 3.05) is 11.9 Å². The van der Waals surface area contributed by atoms with Crippen LogP contribution in [0.2, 0.25) is 0 Å². The van der Waals surface area contributed by atoms with Crippen LogP contribution in [-0.2, 0) is 9.53 Å². The molecule has 0 aromatic carbocycles. The van der Waals surface area contributed by atoms with Gasteiger partial charge in [0.05, 0.1) is 0 Å². The lowest BCUT2D eigenvalue weighted by Crippen LogP contribution is -2.42. The Labute approximate surface area is 132 Å². The van der Waals surface area contributed by atoms with E-state index in [0.29, 0.717) is 11.0 Å². The molecule has 0 aliphatic heterocycles. The van der Waals surface area contributed by atoms with Gasteiger partial charge in [-0.15, -0.1) is 11.3 Å². The van der Waals surface area contributed by atoms with Gasteiger partial charge in [-0.2, -0.15) is 0 Å². The number of imide groups is 1. The highest BCUT2D eigenvalue weighted by atomic mass is 32.1.